The van der Waals surface area contributed by atoms with E-state index in [9.17, 15) is 4.79 Å². The van der Waals surface area contributed by atoms with Crippen molar-refractivity contribution in [2.45, 2.75) is 18.9 Å². The molecule has 2 rings (SSSR count). The van der Waals surface area contributed by atoms with E-state index in [1.54, 1.807) is 6.08 Å². The Morgan fingerprint density at radius 3 is 2.89 bits per heavy atom. The Morgan fingerprint density at radius 2 is 2.26 bits per heavy atom. The van der Waals surface area contributed by atoms with E-state index in [1.165, 1.54) is 0 Å². The minimum Gasteiger partial charge on any atom is -0.376 e. The first-order chi connectivity index (χ1) is 9.29. The Labute approximate surface area is 112 Å². The van der Waals surface area contributed by atoms with Crippen molar-refractivity contribution in [3.8, 4) is 6.07 Å². The van der Waals surface area contributed by atoms with E-state index in [0.29, 0.717) is 6.54 Å². The van der Waals surface area contributed by atoms with Gasteiger partial charge < -0.3 is 10.1 Å². The Morgan fingerprint density at radius 1 is 1.47 bits per heavy atom. The van der Waals surface area contributed by atoms with Crippen LogP contribution in [0.25, 0.3) is 6.08 Å². The first-order valence-corrected chi connectivity index (χ1v) is 6.36. The molecule has 0 unspecified atom stereocenters. The van der Waals surface area contributed by atoms with Gasteiger partial charge in [0, 0.05) is 13.2 Å². The van der Waals surface area contributed by atoms with Gasteiger partial charge in [-0.2, -0.15) is 5.26 Å². The van der Waals surface area contributed by atoms with Gasteiger partial charge in [-0.15, -0.1) is 0 Å². The summed E-state index contributed by atoms with van der Waals surface area (Å²) in [5, 5.41) is 11.8. The highest BCUT2D eigenvalue weighted by atomic mass is 16.5. The predicted octanol–water partition coefficient (Wildman–Crippen LogP) is 1.89. The molecule has 1 aliphatic rings. The van der Waals surface area contributed by atoms with E-state index in [-0.39, 0.29) is 17.6 Å². The van der Waals surface area contributed by atoms with Crippen LogP contribution in [0, 0.1) is 11.3 Å². The minimum atomic E-state index is -0.346. The predicted molar refractivity (Wildman–Crippen MR) is 72.0 cm³/mol. The summed E-state index contributed by atoms with van der Waals surface area (Å²) in [6.07, 6.45) is 3.67. The van der Waals surface area contributed by atoms with Crippen molar-refractivity contribution < 1.29 is 9.53 Å². The van der Waals surface area contributed by atoms with E-state index in [4.69, 9.17) is 10.00 Å². The average Bonchev–Trinajstić information content (AvgIpc) is 2.96. The van der Waals surface area contributed by atoms with E-state index in [1.807, 2.05) is 36.4 Å². The lowest BCUT2D eigenvalue weighted by atomic mass is 10.1. The van der Waals surface area contributed by atoms with Gasteiger partial charge in [-0.05, 0) is 24.5 Å². The molecule has 0 saturated carbocycles. The fraction of sp³-hybridized carbons (Fsp3) is 0.333. The normalized spacial score (nSPS) is 18.9. The lowest BCUT2D eigenvalue weighted by molar-refractivity contribution is -0.117. The van der Waals surface area contributed by atoms with Crippen molar-refractivity contribution in [3.05, 3.63) is 41.5 Å². The second-order valence-electron chi connectivity index (χ2n) is 4.43. The van der Waals surface area contributed by atoms with Gasteiger partial charge in [0.1, 0.15) is 11.6 Å². The Kier molecular flexibility index (Phi) is 4.71. The molecule has 4 nitrogen and oxygen atoms in total. The zero-order valence-electron chi connectivity index (χ0n) is 10.6. The largest absolute Gasteiger partial charge is 0.376 e. The van der Waals surface area contributed by atoms with Crippen LogP contribution in [0.15, 0.2) is 35.9 Å². The lowest BCUT2D eigenvalue weighted by Crippen LogP contribution is -2.32. The lowest BCUT2D eigenvalue weighted by Gasteiger charge is -2.10. The second kappa shape index (κ2) is 6.72. The van der Waals surface area contributed by atoms with Crippen LogP contribution in [0.4, 0.5) is 0 Å². The number of carbonyl (C=O) groups excluding carboxylic acids is 1. The van der Waals surface area contributed by atoms with Crippen LogP contribution < -0.4 is 5.32 Å². The smallest absolute Gasteiger partial charge is 0.262 e. The molecule has 1 aliphatic heterocycles. The molecule has 1 N–H and O–H groups in total. The Bertz CT molecular complexity index is 497. The number of nitrogens with zero attached hydrogens (tertiary/aromatic N) is 1. The number of amides is 1. The molecule has 1 aromatic carbocycles. The van der Waals surface area contributed by atoms with E-state index in [2.05, 4.69) is 5.32 Å². The summed E-state index contributed by atoms with van der Waals surface area (Å²) < 4.78 is 5.42. The van der Waals surface area contributed by atoms with Crippen molar-refractivity contribution in [1.82, 2.24) is 5.32 Å². The third kappa shape index (κ3) is 3.94. The highest BCUT2D eigenvalue weighted by Crippen LogP contribution is 2.11. The number of hydrogen-bond donors (Lipinski definition) is 1. The van der Waals surface area contributed by atoms with Crippen molar-refractivity contribution in [1.29, 1.82) is 5.26 Å². The van der Waals surface area contributed by atoms with Crippen molar-refractivity contribution >= 4 is 12.0 Å². The highest BCUT2D eigenvalue weighted by molar-refractivity contribution is 6.01. The summed E-state index contributed by atoms with van der Waals surface area (Å²) >= 11 is 0. The number of hydrogen-bond acceptors (Lipinski definition) is 3. The van der Waals surface area contributed by atoms with Crippen LogP contribution in [0.3, 0.4) is 0 Å². The first kappa shape index (κ1) is 13.3. The van der Waals surface area contributed by atoms with E-state index >= 15 is 0 Å². The minimum absolute atomic E-state index is 0.0839. The van der Waals surface area contributed by atoms with Gasteiger partial charge in [0.2, 0.25) is 0 Å². The first-order valence-electron chi connectivity index (χ1n) is 6.36. The molecule has 1 aromatic rings. The van der Waals surface area contributed by atoms with E-state index < -0.39 is 0 Å². The van der Waals surface area contributed by atoms with Gasteiger partial charge in [-0.3, -0.25) is 4.79 Å². The summed E-state index contributed by atoms with van der Waals surface area (Å²) in [4.78, 5) is 11.9. The maximum atomic E-state index is 11.9. The fourth-order valence-corrected chi connectivity index (χ4v) is 1.97. The monoisotopic (exact) mass is 256 g/mol. The topological polar surface area (TPSA) is 62.1 Å². The molecule has 0 radical (unpaired) electrons. The van der Waals surface area contributed by atoms with Gasteiger partial charge in [-0.25, -0.2) is 0 Å². The zero-order chi connectivity index (χ0) is 13.5. The molecular weight excluding hydrogens is 240 g/mol. The van der Waals surface area contributed by atoms with Crippen LogP contribution in [-0.4, -0.2) is 25.2 Å². The molecule has 1 saturated heterocycles. The van der Waals surface area contributed by atoms with Gasteiger partial charge >= 0.3 is 0 Å². The maximum absolute atomic E-state index is 11.9. The molecule has 1 atom stereocenters. The number of carbonyl (C=O) groups is 1. The number of rotatable bonds is 4. The summed E-state index contributed by atoms with van der Waals surface area (Å²) in [6, 6.07) is 11.3. The molecule has 1 heterocycles. The van der Waals surface area contributed by atoms with Crippen LogP contribution in [-0.2, 0) is 9.53 Å². The molecule has 1 fully saturated rings. The molecule has 0 spiro atoms. The quantitative estimate of drug-likeness (QED) is 0.661. The van der Waals surface area contributed by atoms with Crippen LogP contribution >= 0.6 is 0 Å². The number of nitrogens with one attached hydrogen (secondary N) is 1. The SMILES string of the molecule is N#C/C(=C/c1ccccc1)C(=O)NC[C@@H]1CCCO1. The molecule has 1 amide bonds. The Balaban J connectivity index is 1.95. The van der Waals surface area contributed by atoms with Gasteiger partial charge in [0.25, 0.3) is 5.91 Å². The van der Waals surface area contributed by atoms with Crippen molar-refractivity contribution in [3.63, 3.8) is 0 Å². The van der Waals surface area contributed by atoms with Crippen LogP contribution in [0.5, 0.6) is 0 Å². The highest BCUT2D eigenvalue weighted by Gasteiger charge is 2.17. The molecule has 4 heteroatoms. The molecule has 0 bridgehead atoms. The summed E-state index contributed by atoms with van der Waals surface area (Å²) in [5.74, 6) is -0.346. The fourth-order valence-electron chi connectivity index (χ4n) is 1.97. The number of nitriles is 1. The summed E-state index contributed by atoms with van der Waals surface area (Å²) in [6.45, 7) is 1.22. The summed E-state index contributed by atoms with van der Waals surface area (Å²) in [5.41, 5.74) is 0.954. The molecule has 98 valence electrons. The second-order valence-corrected chi connectivity index (χ2v) is 4.43. The van der Waals surface area contributed by atoms with E-state index in [0.717, 1.165) is 25.0 Å². The third-order valence-electron chi connectivity index (χ3n) is 2.99. The maximum Gasteiger partial charge on any atom is 0.262 e. The zero-order valence-corrected chi connectivity index (χ0v) is 10.6. The summed E-state index contributed by atoms with van der Waals surface area (Å²) in [7, 11) is 0. The van der Waals surface area contributed by atoms with Gasteiger partial charge in [-0.1, -0.05) is 30.3 Å². The molecule has 0 aliphatic carbocycles. The van der Waals surface area contributed by atoms with Gasteiger partial charge in [0.15, 0.2) is 0 Å². The standard InChI is InChI=1S/C15H16N2O2/c16-10-13(9-12-5-2-1-3-6-12)15(18)17-11-14-7-4-8-19-14/h1-3,5-6,9,14H,4,7-8,11H2,(H,17,18)/b13-9-/t14-/m0/s1. The molecule has 19 heavy (non-hydrogen) atoms. The van der Waals surface area contributed by atoms with Crippen molar-refractivity contribution in [2.24, 2.45) is 0 Å². The molecular formula is C15H16N2O2. The average molecular weight is 256 g/mol. The van der Waals surface area contributed by atoms with Crippen molar-refractivity contribution in [2.75, 3.05) is 13.2 Å². The van der Waals surface area contributed by atoms with Gasteiger partial charge in [0.05, 0.1) is 6.10 Å². The Hall–Kier alpha value is -2.12. The molecule has 0 aromatic heterocycles. The van der Waals surface area contributed by atoms with Crippen LogP contribution in [0.1, 0.15) is 18.4 Å². The number of benzene rings is 1. The number of ether oxygens (including phenoxy) is 1. The van der Waals surface area contributed by atoms with Crippen LogP contribution in [0.2, 0.25) is 0 Å². The third-order valence-corrected chi connectivity index (χ3v) is 2.99.